The maximum atomic E-state index is 13.4. The van der Waals surface area contributed by atoms with Gasteiger partial charge in [0.1, 0.15) is 11.9 Å². The summed E-state index contributed by atoms with van der Waals surface area (Å²) in [5.74, 6) is -0.750. The Bertz CT molecular complexity index is 1100. The van der Waals surface area contributed by atoms with Crippen LogP contribution in [-0.4, -0.2) is 29.2 Å². The lowest BCUT2D eigenvalue weighted by molar-refractivity contribution is -0.153. The first kappa shape index (κ1) is 19.5. The molecule has 1 aromatic carbocycles. The number of alkyl halides is 3. The summed E-state index contributed by atoms with van der Waals surface area (Å²) in [6, 6.07) is 3.01. The Labute approximate surface area is 155 Å². The van der Waals surface area contributed by atoms with E-state index in [2.05, 4.69) is 10.1 Å². The van der Waals surface area contributed by atoms with E-state index in [1.165, 1.54) is 6.07 Å². The Morgan fingerprint density at radius 2 is 1.78 bits per heavy atom. The summed E-state index contributed by atoms with van der Waals surface area (Å²) in [5.41, 5.74) is 0.151. The van der Waals surface area contributed by atoms with Crippen LogP contribution in [0.1, 0.15) is 17.3 Å². The Balaban J connectivity index is 2.02. The topological polar surface area (TPSA) is 76.4 Å². The largest absolute Gasteiger partial charge is 0.408 e. The van der Waals surface area contributed by atoms with Gasteiger partial charge in [-0.3, -0.25) is 0 Å². The van der Waals surface area contributed by atoms with Crippen LogP contribution in [0.3, 0.4) is 0 Å². The van der Waals surface area contributed by atoms with Crippen LogP contribution in [0.2, 0.25) is 5.15 Å². The lowest BCUT2D eigenvalue weighted by atomic mass is 10.1. The number of nitrogens with zero attached hydrogens (tertiary/aromatic N) is 3. The molecule has 3 aromatic rings. The van der Waals surface area contributed by atoms with Crippen LogP contribution in [0, 0.1) is 12.7 Å². The molecule has 27 heavy (non-hydrogen) atoms. The molecule has 0 aliphatic rings. The third-order valence-corrected chi connectivity index (χ3v) is 5.38. The first-order valence-electron chi connectivity index (χ1n) is 7.35. The van der Waals surface area contributed by atoms with Crippen molar-refractivity contribution in [3.05, 3.63) is 58.6 Å². The van der Waals surface area contributed by atoms with Gasteiger partial charge in [-0.25, -0.2) is 22.3 Å². The smallest absolute Gasteiger partial charge is 0.231 e. The third kappa shape index (κ3) is 3.89. The molecule has 0 fully saturated rings. The van der Waals surface area contributed by atoms with Crippen molar-refractivity contribution in [2.75, 3.05) is 0 Å². The zero-order chi connectivity index (χ0) is 20.0. The zero-order valence-electron chi connectivity index (χ0n) is 13.5. The molecule has 0 amide bonds. The van der Waals surface area contributed by atoms with E-state index in [0.29, 0.717) is 5.69 Å². The van der Waals surface area contributed by atoms with Crippen molar-refractivity contribution >= 4 is 27.3 Å². The van der Waals surface area contributed by atoms with E-state index in [0.717, 1.165) is 34.8 Å². The number of sulfonamides is 1. The molecule has 12 heteroatoms. The molecule has 0 aliphatic heterocycles. The van der Waals surface area contributed by atoms with Gasteiger partial charge in [-0.2, -0.15) is 23.0 Å². The van der Waals surface area contributed by atoms with Gasteiger partial charge in [0.2, 0.25) is 0 Å². The highest BCUT2D eigenvalue weighted by Gasteiger charge is 2.43. The minimum atomic E-state index is -4.96. The Hall–Kier alpha value is -2.24. The highest BCUT2D eigenvalue weighted by molar-refractivity contribution is 7.89. The normalized spacial score (nSPS) is 13.9. The zero-order valence-corrected chi connectivity index (χ0v) is 15.1. The summed E-state index contributed by atoms with van der Waals surface area (Å²) < 4.78 is 80.7. The van der Waals surface area contributed by atoms with Gasteiger partial charge in [-0.1, -0.05) is 23.7 Å². The van der Waals surface area contributed by atoms with Crippen molar-refractivity contribution in [2.24, 2.45) is 0 Å². The lowest BCUT2D eigenvalue weighted by Gasteiger charge is -2.21. The van der Waals surface area contributed by atoms with E-state index >= 15 is 0 Å². The first-order valence-corrected chi connectivity index (χ1v) is 9.21. The molecule has 1 atom stereocenters. The molecule has 0 saturated heterocycles. The second-order valence-corrected chi connectivity index (χ2v) is 7.60. The van der Waals surface area contributed by atoms with E-state index in [9.17, 15) is 26.0 Å². The van der Waals surface area contributed by atoms with Crippen LogP contribution in [0.25, 0.3) is 5.65 Å². The van der Waals surface area contributed by atoms with Gasteiger partial charge >= 0.3 is 6.18 Å². The van der Waals surface area contributed by atoms with Crippen LogP contribution in [0.5, 0.6) is 0 Å². The van der Waals surface area contributed by atoms with E-state index in [4.69, 9.17) is 11.6 Å². The van der Waals surface area contributed by atoms with E-state index in [1.54, 1.807) is 11.6 Å². The monoisotopic (exact) mass is 422 g/mol. The minimum absolute atomic E-state index is 0.0351. The van der Waals surface area contributed by atoms with Crippen molar-refractivity contribution < 1.29 is 26.0 Å². The number of halogens is 5. The summed E-state index contributed by atoms with van der Waals surface area (Å²) in [7, 11) is -4.68. The highest BCUT2D eigenvalue weighted by atomic mass is 35.5. The van der Waals surface area contributed by atoms with Crippen LogP contribution in [-0.2, 0) is 10.0 Å². The Morgan fingerprint density at radius 3 is 2.37 bits per heavy atom. The summed E-state index contributed by atoms with van der Waals surface area (Å²) >= 11 is 5.96. The lowest BCUT2D eigenvalue weighted by Crippen LogP contribution is -2.38. The average Bonchev–Trinajstić information content (AvgIpc) is 2.87. The van der Waals surface area contributed by atoms with Gasteiger partial charge in [0.05, 0.1) is 5.69 Å². The fourth-order valence-corrected chi connectivity index (χ4v) is 3.64. The van der Waals surface area contributed by atoms with Crippen LogP contribution >= 0.6 is 11.6 Å². The second-order valence-electron chi connectivity index (χ2n) is 5.58. The molecule has 1 N–H and O–H groups in total. The standard InChI is InChI=1S/C15H11ClF4N4O2S/c1-8-14(16)24-11(21-8)6-7-12(22-24)27(25,26)23-13(15(18,19)20)9-2-4-10(17)5-3-9/h2-7,13,23H,1H3. The summed E-state index contributed by atoms with van der Waals surface area (Å²) in [4.78, 5) is 4.03. The van der Waals surface area contributed by atoms with Gasteiger partial charge in [0.25, 0.3) is 10.0 Å². The molecule has 0 aliphatic carbocycles. The fraction of sp³-hybridized carbons (Fsp3) is 0.200. The molecule has 0 saturated carbocycles. The predicted octanol–water partition coefficient (Wildman–Crippen LogP) is 3.41. The van der Waals surface area contributed by atoms with E-state index in [1.807, 2.05) is 0 Å². The third-order valence-electron chi connectivity index (χ3n) is 3.64. The molecule has 3 rings (SSSR count). The molecule has 2 aromatic heterocycles. The van der Waals surface area contributed by atoms with Crippen molar-refractivity contribution in [1.82, 2.24) is 19.3 Å². The van der Waals surface area contributed by atoms with Gasteiger partial charge in [0.15, 0.2) is 15.8 Å². The van der Waals surface area contributed by atoms with Gasteiger partial charge in [-0.05, 0) is 36.8 Å². The highest BCUT2D eigenvalue weighted by Crippen LogP contribution is 2.34. The number of nitrogens with one attached hydrogen (secondary N) is 1. The summed E-state index contributed by atoms with van der Waals surface area (Å²) in [6.07, 6.45) is -4.96. The van der Waals surface area contributed by atoms with Crippen molar-refractivity contribution in [3.8, 4) is 0 Å². The first-order chi connectivity index (χ1) is 12.5. The van der Waals surface area contributed by atoms with Gasteiger partial charge in [0, 0.05) is 0 Å². The van der Waals surface area contributed by atoms with Crippen molar-refractivity contribution in [2.45, 2.75) is 24.2 Å². The second kappa shape index (κ2) is 6.73. The van der Waals surface area contributed by atoms with Gasteiger partial charge < -0.3 is 0 Å². The van der Waals surface area contributed by atoms with Crippen LogP contribution in [0.15, 0.2) is 41.4 Å². The number of hydrogen-bond donors (Lipinski definition) is 1. The van der Waals surface area contributed by atoms with Crippen molar-refractivity contribution in [1.29, 1.82) is 0 Å². The van der Waals surface area contributed by atoms with E-state index < -0.39 is 38.6 Å². The number of fused-ring (bicyclic) bond motifs is 1. The fourth-order valence-electron chi connectivity index (χ4n) is 2.34. The maximum absolute atomic E-state index is 13.4. The molecule has 6 nitrogen and oxygen atoms in total. The molecular weight excluding hydrogens is 412 g/mol. The predicted molar refractivity (Wildman–Crippen MR) is 88.3 cm³/mol. The number of imidazole rings is 1. The van der Waals surface area contributed by atoms with Gasteiger partial charge in [-0.15, -0.1) is 0 Å². The number of hydrogen-bond acceptors (Lipinski definition) is 4. The molecule has 2 heterocycles. The summed E-state index contributed by atoms with van der Waals surface area (Å²) in [5, 5.41) is 3.11. The molecular formula is C15H11ClF4N4O2S. The number of rotatable bonds is 4. The molecule has 144 valence electrons. The summed E-state index contributed by atoms with van der Waals surface area (Å²) in [6.45, 7) is 1.57. The van der Waals surface area contributed by atoms with Crippen molar-refractivity contribution in [3.63, 3.8) is 0 Å². The SMILES string of the molecule is Cc1nc2ccc(S(=O)(=O)NC(c3ccc(F)cc3)C(F)(F)F)nn2c1Cl. The molecule has 0 bridgehead atoms. The number of aryl methyl sites for hydroxylation is 1. The quantitative estimate of drug-likeness (QED) is 0.654. The maximum Gasteiger partial charge on any atom is 0.408 e. The Morgan fingerprint density at radius 1 is 1.15 bits per heavy atom. The molecule has 0 radical (unpaired) electrons. The number of aromatic nitrogens is 3. The molecule has 0 spiro atoms. The average molecular weight is 423 g/mol. The number of benzene rings is 1. The van der Waals surface area contributed by atoms with E-state index in [-0.39, 0.29) is 10.8 Å². The van der Waals surface area contributed by atoms with Crippen LogP contribution in [0.4, 0.5) is 17.6 Å². The Kier molecular flexibility index (Phi) is 4.87. The van der Waals surface area contributed by atoms with Crippen LogP contribution < -0.4 is 4.72 Å². The molecule has 1 unspecified atom stereocenters. The minimum Gasteiger partial charge on any atom is -0.231 e.